The normalized spacial score (nSPS) is 15.3. The van der Waals surface area contributed by atoms with Gasteiger partial charge in [-0.2, -0.15) is 0 Å². The molecule has 1 saturated heterocycles. The summed E-state index contributed by atoms with van der Waals surface area (Å²) >= 11 is 0. The van der Waals surface area contributed by atoms with Crippen molar-refractivity contribution in [3.8, 4) is 0 Å². The quantitative estimate of drug-likeness (QED) is 0.534. The van der Waals surface area contributed by atoms with E-state index < -0.39 is 0 Å². The fourth-order valence-corrected chi connectivity index (χ4v) is 3.57. The first kappa shape index (κ1) is 16.5. The van der Waals surface area contributed by atoms with Crippen LogP contribution >= 0.6 is 0 Å². The maximum Gasteiger partial charge on any atom is 0.292 e. The first-order valence-corrected chi connectivity index (χ1v) is 8.76. The average molecular weight is 348 g/mol. The molecule has 1 aliphatic heterocycles. The summed E-state index contributed by atoms with van der Waals surface area (Å²) in [7, 11) is 0. The number of aromatic nitrogens is 1. The molecule has 2 heterocycles. The van der Waals surface area contributed by atoms with Crippen molar-refractivity contribution < 1.29 is 4.92 Å². The van der Waals surface area contributed by atoms with Gasteiger partial charge in [0.05, 0.1) is 10.4 Å². The zero-order valence-corrected chi connectivity index (χ0v) is 14.4. The van der Waals surface area contributed by atoms with E-state index in [0.29, 0.717) is 5.69 Å². The SMILES string of the molecule is O=[N+]([O-])c1ccccc1N1CCN(Cc2cccc3cccnc23)CC1. The molecule has 2 aromatic carbocycles. The molecule has 132 valence electrons. The van der Waals surface area contributed by atoms with Crippen LogP contribution in [0.25, 0.3) is 10.9 Å². The average Bonchev–Trinajstić information content (AvgIpc) is 2.69. The van der Waals surface area contributed by atoms with Gasteiger partial charge in [-0.15, -0.1) is 0 Å². The number of piperazine rings is 1. The number of hydrogen-bond donors (Lipinski definition) is 0. The number of nitro benzene ring substituents is 1. The number of pyridine rings is 1. The molecule has 6 heteroatoms. The van der Waals surface area contributed by atoms with E-state index in [1.165, 1.54) is 5.56 Å². The van der Waals surface area contributed by atoms with E-state index in [-0.39, 0.29) is 10.6 Å². The minimum atomic E-state index is -0.302. The lowest BCUT2D eigenvalue weighted by atomic mass is 10.1. The molecule has 0 spiro atoms. The van der Waals surface area contributed by atoms with Crippen molar-refractivity contribution in [2.24, 2.45) is 0 Å². The molecule has 0 amide bonds. The summed E-state index contributed by atoms with van der Waals surface area (Å²) in [6.07, 6.45) is 1.83. The number of benzene rings is 2. The van der Waals surface area contributed by atoms with Gasteiger partial charge in [0.15, 0.2) is 0 Å². The van der Waals surface area contributed by atoms with Crippen molar-refractivity contribution in [2.75, 3.05) is 31.1 Å². The Balaban J connectivity index is 1.47. The number of fused-ring (bicyclic) bond motifs is 1. The van der Waals surface area contributed by atoms with Crippen LogP contribution in [0, 0.1) is 10.1 Å². The van der Waals surface area contributed by atoms with Gasteiger partial charge in [-0.05, 0) is 17.7 Å². The Bertz CT molecular complexity index is 931. The molecule has 0 bridgehead atoms. The molecule has 3 aromatic rings. The van der Waals surface area contributed by atoms with Gasteiger partial charge in [-0.1, -0.05) is 36.4 Å². The maximum absolute atomic E-state index is 11.3. The Morgan fingerprint density at radius 3 is 2.54 bits per heavy atom. The highest BCUT2D eigenvalue weighted by Crippen LogP contribution is 2.28. The topological polar surface area (TPSA) is 62.5 Å². The Labute approximate surface area is 151 Å². The minimum Gasteiger partial charge on any atom is -0.363 e. The maximum atomic E-state index is 11.3. The minimum absolute atomic E-state index is 0.180. The van der Waals surface area contributed by atoms with Crippen molar-refractivity contribution in [3.63, 3.8) is 0 Å². The Kier molecular flexibility index (Phi) is 4.50. The summed E-state index contributed by atoms with van der Waals surface area (Å²) in [6.45, 7) is 4.15. The third-order valence-corrected chi connectivity index (χ3v) is 4.90. The summed E-state index contributed by atoms with van der Waals surface area (Å²) < 4.78 is 0. The summed E-state index contributed by atoms with van der Waals surface area (Å²) in [5.74, 6) is 0. The van der Waals surface area contributed by atoms with E-state index in [9.17, 15) is 10.1 Å². The van der Waals surface area contributed by atoms with Gasteiger partial charge in [-0.25, -0.2) is 0 Å². The predicted octanol–water partition coefficient (Wildman–Crippen LogP) is 3.47. The van der Waals surface area contributed by atoms with Crippen molar-refractivity contribution >= 4 is 22.3 Å². The van der Waals surface area contributed by atoms with Crippen LogP contribution in [-0.4, -0.2) is 41.0 Å². The van der Waals surface area contributed by atoms with Crippen LogP contribution in [0.15, 0.2) is 60.8 Å². The molecule has 26 heavy (non-hydrogen) atoms. The number of hydrogen-bond acceptors (Lipinski definition) is 5. The smallest absolute Gasteiger partial charge is 0.292 e. The molecule has 1 aliphatic rings. The highest BCUT2D eigenvalue weighted by Gasteiger charge is 2.23. The second kappa shape index (κ2) is 7.09. The van der Waals surface area contributed by atoms with E-state index in [4.69, 9.17) is 0 Å². The van der Waals surface area contributed by atoms with Crippen LogP contribution in [0.5, 0.6) is 0 Å². The first-order chi connectivity index (χ1) is 12.7. The zero-order valence-electron chi connectivity index (χ0n) is 14.4. The summed E-state index contributed by atoms with van der Waals surface area (Å²) in [5.41, 5.74) is 3.17. The first-order valence-electron chi connectivity index (χ1n) is 8.76. The molecule has 1 aromatic heterocycles. The van der Waals surface area contributed by atoms with E-state index in [2.05, 4.69) is 39.0 Å². The fourth-order valence-electron chi connectivity index (χ4n) is 3.57. The van der Waals surface area contributed by atoms with Gasteiger partial charge in [0.25, 0.3) is 5.69 Å². The molecule has 0 radical (unpaired) electrons. The number of anilines is 1. The van der Waals surface area contributed by atoms with Crippen LogP contribution in [0.2, 0.25) is 0 Å². The number of rotatable bonds is 4. The Morgan fingerprint density at radius 2 is 1.73 bits per heavy atom. The highest BCUT2D eigenvalue weighted by molar-refractivity contribution is 5.81. The van der Waals surface area contributed by atoms with Crippen LogP contribution in [0.1, 0.15) is 5.56 Å². The molecule has 1 fully saturated rings. The Hall–Kier alpha value is -2.99. The number of nitro groups is 1. The van der Waals surface area contributed by atoms with Gasteiger partial charge in [0.2, 0.25) is 0 Å². The largest absolute Gasteiger partial charge is 0.363 e. The lowest BCUT2D eigenvalue weighted by molar-refractivity contribution is -0.384. The fraction of sp³-hybridized carbons (Fsp3) is 0.250. The van der Waals surface area contributed by atoms with E-state index >= 15 is 0 Å². The van der Waals surface area contributed by atoms with Crippen LogP contribution in [0.4, 0.5) is 11.4 Å². The van der Waals surface area contributed by atoms with E-state index in [1.807, 2.05) is 24.4 Å². The van der Waals surface area contributed by atoms with E-state index in [1.54, 1.807) is 12.1 Å². The summed E-state index contributed by atoms with van der Waals surface area (Å²) in [6, 6.07) is 17.3. The molecule has 4 rings (SSSR count). The third-order valence-electron chi connectivity index (χ3n) is 4.90. The molecule has 6 nitrogen and oxygen atoms in total. The van der Waals surface area contributed by atoms with Gasteiger partial charge in [0, 0.05) is 50.4 Å². The number of para-hydroxylation sites is 3. The van der Waals surface area contributed by atoms with Crippen molar-refractivity contribution in [1.29, 1.82) is 0 Å². The third kappa shape index (κ3) is 3.23. The summed E-state index contributed by atoms with van der Waals surface area (Å²) in [4.78, 5) is 20.0. The lowest BCUT2D eigenvalue weighted by Crippen LogP contribution is -2.46. The lowest BCUT2D eigenvalue weighted by Gasteiger charge is -2.35. The molecule has 0 atom stereocenters. The summed E-state index contributed by atoms with van der Waals surface area (Å²) in [5, 5.41) is 12.4. The molecule has 0 aliphatic carbocycles. The molecular formula is C20H20N4O2. The highest BCUT2D eigenvalue weighted by atomic mass is 16.6. The standard InChI is InChI=1S/C20H20N4O2/c25-24(26)19-9-2-1-8-18(19)23-13-11-22(12-14-23)15-17-6-3-5-16-7-4-10-21-20(16)17/h1-10H,11-15H2. The van der Waals surface area contributed by atoms with Crippen molar-refractivity contribution in [3.05, 3.63) is 76.5 Å². The second-order valence-corrected chi connectivity index (χ2v) is 6.50. The van der Waals surface area contributed by atoms with E-state index in [0.717, 1.165) is 43.6 Å². The predicted molar refractivity (Wildman–Crippen MR) is 102 cm³/mol. The van der Waals surface area contributed by atoms with Crippen LogP contribution in [-0.2, 0) is 6.54 Å². The van der Waals surface area contributed by atoms with Gasteiger partial charge < -0.3 is 4.90 Å². The van der Waals surface area contributed by atoms with Gasteiger partial charge in [0.1, 0.15) is 5.69 Å². The molecule has 0 unspecified atom stereocenters. The molecule has 0 saturated carbocycles. The van der Waals surface area contributed by atoms with Crippen molar-refractivity contribution in [2.45, 2.75) is 6.54 Å². The van der Waals surface area contributed by atoms with Crippen LogP contribution < -0.4 is 4.90 Å². The molecule has 0 N–H and O–H groups in total. The zero-order chi connectivity index (χ0) is 17.9. The monoisotopic (exact) mass is 348 g/mol. The molecular weight excluding hydrogens is 328 g/mol. The van der Waals surface area contributed by atoms with Crippen molar-refractivity contribution in [1.82, 2.24) is 9.88 Å². The van der Waals surface area contributed by atoms with Gasteiger partial charge >= 0.3 is 0 Å². The van der Waals surface area contributed by atoms with Crippen LogP contribution in [0.3, 0.4) is 0 Å². The second-order valence-electron chi connectivity index (χ2n) is 6.50. The Morgan fingerprint density at radius 1 is 0.962 bits per heavy atom. The number of nitrogens with zero attached hydrogens (tertiary/aromatic N) is 4. The van der Waals surface area contributed by atoms with Gasteiger partial charge in [-0.3, -0.25) is 20.0 Å².